The molecule has 0 spiro atoms. The van der Waals surface area contributed by atoms with Crippen molar-refractivity contribution < 1.29 is 4.79 Å². The molecule has 1 saturated carbocycles. The van der Waals surface area contributed by atoms with E-state index in [4.69, 9.17) is 11.6 Å². The van der Waals surface area contributed by atoms with Crippen LogP contribution >= 0.6 is 11.6 Å². The molecule has 132 valence electrons. The molecule has 0 unspecified atom stereocenters. The standard InChI is InChI=1S/C21H25ClN2O/c1-24(19-10-6-3-7-11-19)20(16-12-14-17(22)15-13-16)21(25)23-18-8-4-2-5-9-18/h3,6-7,10-15,18,20H,2,4-5,8-9H2,1H3,(H,23,25)/t20-/m0/s1. The van der Waals surface area contributed by atoms with Gasteiger partial charge in [-0.15, -0.1) is 0 Å². The Morgan fingerprint density at radius 2 is 1.68 bits per heavy atom. The largest absolute Gasteiger partial charge is 0.359 e. The molecular weight excluding hydrogens is 332 g/mol. The second-order valence-corrected chi connectivity index (χ2v) is 7.18. The lowest BCUT2D eigenvalue weighted by Gasteiger charge is -2.32. The van der Waals surface area contributed by atoms with Crippen molar-refractivity contribution in [3.05, 3.63) is 65.2 Å². The van der Waals surface area contributed by atoms with Crippen LogP contribution in [0.4, 0.5) is 5.69 Å². The number of rotatable bonds is 5. The monoisotopic (exact) mass is 356 g/mol. The first-order chi connectivity index (χ1) is 12.1. The van der Waals surface area contributed by atoms with Gasteiger partial charge in [-0.3, -0.25) is 4.79 Å². The maximum absolute atomic E-state index is 13.1. The van der Waals surface area contributed by atoms with Gasteiger partial charge in [0.1, 0.15) is 6.04 Å². The number of hydrogen-bond donors (Lipinski definition) is 1. The van der Waals surface area contributed by atoms with Crippen molar-refractivity contribution in [2.75, 3.05) is 11.9 Å². The second kappa shape index (κ2) is 8.39. The van der Waals surface area contributed by atoms with Gasteiger partial charge in [-0.2, -0.15) is 0 Å². The summed E-state index contributed by atoms with van der Waals surface area (Å²) in [5.41, 5.74) is 1.96. The Kier molecular flexibility index (Phi) is 5.98. The smallest absolute Gasteiger partial charge is 0.247 e. The molecule has 25 heavy (non-hydrogen) atoms. The SMILES string of the molecule is CN(c1ccccc1)[C@H](C(=O)NC1CCCCC1)c1ccc(Cl)cc1. The summed E-state index contributed by atoms with van der Waals surface area (Å²) >= 11 is 6.03. The van der Waals surface area contributed by atoms with Crippen LogP contribution in [0, 0.1) is 0 Å². The van der Waals surface area contributed by atoms with E-state index in [-0.39, 0.29) is 11.9 Å². The number of anilines is 1. The average Bonchev–Trinajstić information content (AvgIpc) is 2.65. The number of likely N-dealkylation sites (N-methyl/N-ethyl adjacent to an activating group) is 1. The maximum atomic E-state index is 13.1. The van der Waals surface area contributed by atoms with Gasteiger partial charge < -0.3 is 10.2 Å². The minimum Gasteiger partial charge on any atom is -0.359 e. The summed E-state index contributed by atoms with van der Waals surface area (Å²) in [7, 11) is 1.97. The predicted molar refractivity (Wildman–Crippen MR) is 104 cm³/mol. The Balaban J connectivity index is 1.85. The molecule has 1 aliphatic rings. The molecule has 1 amide bonds. The van der Waals surface area contributed by atoms with Crippen molar-refractivity contribution >= 4 is 23.2 Å². The molecule has 1 aliphatic carbocycles. The first-order valence-electron chi connectivity index (χ1n) is 8.99. The van der Waals surface area contributed by atoms with Gasteiger partial charge in [-0.1, -0.05) is 61.2 Å². The summed E-state index contributed by atoms with van der Waals surface area (Å²) in [4.78, 5) is 15.2. The van der Waals surface area contributed by atoms with Gasteiger partial charge in [0.25, 0.3) is 0 Å². The predicted octanol–water partition coefficient (Wildman–Crippen LogP) is 4.97. The molecule has 1 N–H and O–H groups in total. The van der Waals surface area contributed by atoms with E-state index in [9.17, 15) is 4.79 Å². The van der Waals surface area contributed by atoms with Crippen LogP contribution < -0.4 is 10.2 Å². The van der Waals surface area contributed by atoms with Gasteiger partial charge >= 0.3 is 0 Å². The summed E-state index contributed by atoms with van der Waals surface area (Å²) < 4.78 is 0. The van der Waals surface area contributed by atoms with Gasteiger partial charge in [0.05, 0.1) is 0 Å². The minimum absolute atomic E-state index is 0.0561. The average molecular weight is 357 g/mol. The fraction of sp³-hybridized carbons (Fsp3) is 0.381. The zero-order valence-corrected chi connectivity index (χ0v) is 15.4. The van der Waals surface area contributed by atoms with Crippen molar-refractivity contribution in [1.82, 2.24) is 5.32 Å². The van der Waals surface area contributed by atoms with Crippen LogP contribution in [0.1, 0.15) is 43.7 Å². The first-order valence-corrected chi connectivity index (χ1v) is 9.36. The zero-order chi connectivity index (χ0) is 17.6. The van der Waals surface area contributed by atoms with Crippen molar-refractivity contribution in [3.8, 4) is 0 Å². The number of nitrogens with one attached hydrogen (secondary N) is 1. The Bertz CT molecular complexity index is 681. The third-order valence-electron chi connectivity index (χ3n) is 4.94. The number of para-hydroxylation sites is 1. The zero-order valence-electron chi connectivity index (χ0n) is 14.6. The first kappa shape index (κ1) is 17.8. The van der Waals surface area contributed by atoms with Gasteiger partial charge in [0, 0.05) is 23.8 Å². The maximum Gasteiger partial charge on any atom is 0.247 e. The molecule has 0 heterocycles. The van der Waals surface area contributed by atoms with Crippen LogP contribution in [0.25, 0.3) is 0 Å². The molecule has 0 aliphatic heterocycles. The molecule has 1 fully saturated rings. The van der Waals surface area contributed by atoms with Crippen molar-refractivity contribution in [2.45, 2.75) is 44.2 Å². The van der Waals surface area contributed by atoms with E-state index in [1.807, 2.05) is 66.5 Å². The highest BCUT2D eigenvalue weighted by atomic mass is 35.5. The highest BCUT2D eigenvalue weighted by Crippen LogP contribution is 2.28. The van der Waals surface area contributed by atoms with E-state index >= 15 is 0 Å². The fourth-order valence-corrected chi connectivity index (χ4v) is 3.66. The Hall–Kier alpha value is -2.00. The number of nitrogens with zero attached hydrogens (tertiary/aromatic N) is 1. The lowest BCUT2D eigenvalue weighted by molar-refractivity contribution is -0.123. The number of benzene rings is 2. The van der Waals surface area contributed by atoms with Gasteiger partial charge in [-0.05, 0) is 42.7 Å². The van der Waals surface area contributed by atoms with E-state index in [2.05, 4.69) is 5.32 Å². The topological polar surface area (TPSA) is 32.3 Å². The van der Waals surface area contributed by atoms with E-state index < -0.39 is 0 Å². The van der Waals surface area contributed by atoms with Crippen molar-refractivity contribution in [1.29, 1.82) is 0 Å². The van der Waals surface area contributed by atoms with Gasteiger partial charge in [-0.25, -0.2) is 0 Å². The van der Waals surface area contributed by atoms with E-state index in [1.165, 1.54) is 19.3 Å². The molecule has 2 aromatic carbocycles. The number of amides is 1. The highest BCUT2D eigenvalue weighted by Gasteiger charge is 2.28. The van der Waals surface area contributed by atoms with E-state index in [0.29, 0.717) is 11.1 Å². The molecule has 3 nitrogen and oxygen atoms in total. The van der Waals surface area contributed by atoms with Crippen LogP contribution in [0.2, 0.25) is 5.02 Å². The molecule has 3 rings (SSSR count). The summed E-state index contributed by atoms with van der Waals surface area (Å²) in [5, 5.41) is 3.95. The van der Waals surface area contributed by atoms with Crippen LogP contribution in [0.5, 0.6) is 0 Å². The molecule has 0 radical (unpaired) electrons. The van der Waals surface area contributed by atoms with Crippen molar-refractivity contribution in [3.63, 3.8) is 0 Å². The highest BCUT2D eigenvalue weighted by molar-refractivity contribution is 6.30. The quantitative estimate of drug-likeness (QED) is 0.820. The Labute approximate surface area is 155 Å². The Morgan fingerprint density at radius 3 is 2.32 bits per heavy atom. The molecule has 0 bridgehead atoms. The molecule has 1 atom stereocenters. The minimum atomic E-state index is -0.374. The van der Waals surface area contributed by atoms with Crippen LogP contribution in [0.3, 0.4) is 0 Å². The number of hydrogen-bond acceptors (Lipinski definition) is 2. The third-order valence-corrected chi connectivity index (χ3v) is 5.19. The lowest BCUT2D eigenvalue weighted by Crippen LogP contribution is -2.44. The number of halogens is 1. The summed E-state index contributed by atoms with van der Waals surface area (Å²) in [6, 6.07) is 17.5. The van der Waals surface area contributed by atoms with Crippen molar-refractivity contribution in [2.24, 2.45) is 0 Å². The number of carbonyl (C=O) groups excluding carboxylic acids is 1. The number of carbonyl (C=O) groups is 1. The fourth-order valence-electron chi connectivity index (χ4n) is 3.54. The van der Waals surface area contributed by atoms with Gasteiger partial charge in [0.15, 0.2) is 0 Å². The molecule has 4 heteroatoms. The normalized spacial score (nSPS) is 16.2. The second-order valence-electron chi connectivity index (χ2n) is 6.74. The molecular formula is C21H25ClN2O. The summed E-state index contributed by atoms with van der Waals surface area (Å²) in [6.07, 6.45) is 5.83. The Morgan fingerprint density at radius 1 is 1.04 bits per heavy atom. The third kappa shape index (κ3) is 4.55. The van der Waals surface area contributed by atoms with Crippen LogP contribution in [-0.4, -0.2) is 19.0 Å². The van der Waals surface area contributed by atoms with Crippen LogP contribution in [0.15, 0.2) is 54.6 Å². The molecule has 0 saturated heterocycles. The summed E-state index contributed by atoms with van der Waals surface area (Å²) in [6.45, 7) is 0. The molecule has 0 aromatic heterocycles. The van der Waals surface area contributed by atoms with Gasteiger partial charge in [0.2, 0.25) is 5.91 Å². The summed E-state index contributed by atoms with van der Waals surface area (Å²) in [5.74, 6) is 0.0561. The van der Waals surface area contributed by atoms with Crippen LogP contribution in [-0.2, 0) is 4.79 Å². The lowest BCUT2D eigenvalue weighted by atomic mass is 9.94. The van der Waals surface area contributed by atoms with E-state index in [1.54, 1.807) is 0 Å². The molecule has 2 aromatic rings. The van der Waals surface area contributed by atoms with E-state index in [0.717, 1.165) is 24.1 Å².